The van der Waals surface area contributed by atoms with E-state index in [1.165, 1.54) is 53.8 Å². The molecule has 0 radical (unpaired) electrons. The van der Waals surface area contributed by atoms with Gasteiger partial charge in [0.15, 0.2) is 12.0 Å². The number of carbonyl (C=O) groups is 2. The summed E-state index contributed by atoms with van der Waals surface area (Å²) in [6.07, 6.45) is 14.0. The van der Waals surface area contributed by atoms with Gasteiger partial charge in [0.05, 0.1) is 11.3 Å². The third kappa shape index (κ3) is 5.80. The van der Waals surface area contributed by atoms with E-state index in [4.69, 9.17) is 6.42 Å². The molecule has 2 unspecified atom stereocenters. The smallest absolute Gasteiger partial charge is 0.256 e. The number of fused-ring (bicyclic) bond motifs is 1. The molecule has 2 saturated carbocycles. The van der Waals surface area contributed by atoms with Crippen LogP contribution in [-0.2, 0) is 11.3 Å². The van der Waals surface area contributed by atoms with Gasteiger partial charge in [0.1, 0.15) is 11.5 Å². The summed E-state index contributed by atoms with van der Waals surface area (Å²) in [5.74, 6) is 1.88. The van der Waals surface area contributed by atoms with E-state index in [1.807, 2.05) is 13.1 Å². The summed E-state index contributed by atoms with van der Waals surface area (Å²) in [4.78, 5) is 34.7. The van der Waals surface area contributed by atoms with Crippen LogP contribution in [0, 0.1) is 48.8 Å². The average molecular weight is 570 g/mol. The number of hydrogen-bond acceptors (Lipinski definition) is 3. The molecule has 4 aromatic rings. The van der Waals surface area contributed by atoms with Crippen molar-refractivity contribution in [1.82, 2.24) is 18.9 Å². The van der Waals surface area contributed by atoms with Crippen molar-refractivity contribution in [3.63, 3.8) is 0 Å². The number of hydrogen-bond donors (Lipinski definition) is 1. The molecular weight excluding hydrogens is 536 g/mol. The molecule has 0 bridgehead atoms. The minimum Gasteiger partial charge on any atom is -0.351 e. The van der Waals surface area contributed by atoms with Gasteiger partial charge in [-0.2, -0.15) is 4.39 Å². The third-order valence-electron chi connectivity index (χ3n) is 8.40. The molecule has 0 saturated heterocycles. The van der Waals surface area contributed by atoms with E-state index >= 15 is 0 Å². The minimum atomic E-state index is -1.20. The topological polar surface area (TPSA) is 71.6 Å². The maximum atomic E-state index is 14.7. The zero-order valence-corrected chi connectivity index (χ0v) is 23.5. The molecule has 42 heavy (non-hydrogen) atoms. The number of imidazole rings is 1. The van der Waals surface area contributed by atoms with E-state index in [0.29, 0.717) is 35.2 Å². The van der Waals surface area contributed by atoms with Crippen LogP contribution in [0.15, 0.2) is 60.9 Å². The highest BCUT2D eigenvalue weighted by Crippen LogP contribution is 2.40. The van der Waals surface area contributed by atoms with Crippen LogP contribution in [0.25, 0.3) is 5.65 Å². The standard InChI is InChI=1S/C33H33F2N5O2/c1-3-5-24(23-10-11-23)19-40(33(42)27-16-17-38(21(27)2)18-22-8-9-22)31(32(41)36-26-14-12-25(34)13-15-26)28-20-39-29(35)6-4-7-30(39)37-28/h1,4,6-7,12-17,20,22-24,31H,5,8-11,18-19H2,2H3,(H,36,41). The highest BCUT2D eigenvalue weighted by Gasteiger charge is 2.40. The minimum absolute atomic E-state index is 0.0114. The first kappa shape index (κ1) is 27.7. The summed E-state index contributed by atoms with van der Waals surface area (Å²) >= 11 is 0. The van der Waals surface area contributed by atoms with Crippen molar-refractivity contribution in [1.29, 1.82) is 0 Å². The zero-order valence-electron chi connectivity index (χ0n) is 23.5. The van der Waals surface area contributed by atoms with Crippen molar-refractivity contribution in [2.75, 3.05) is 11.9 Å². The molecule has 2 aliphatic rings. The predicted molar refractivity (Wildman–Crippen MR) is 156 cm³/mol. The van der Waals surface area contributed by atoms with Gasteiger partial charge >= 0.3 is 0 Å². The highest BCUT2D eigenvalue weighted by molar-refractivity contribution is 6.02. The van der Waals surface area contributed by atoms with E-state index in [-0.39, 0.29) is 24.1 Å². The molecule has 9 heteroatoms. The van der Waals surface area contributed by atoms with E-state index < -0.39 is 23.7 Å². The molecule has 6 rings (SSSR count). The normalized spacial score (nSPS) is 16.1. The Labute approximate surface area is 243 Å². The fourth-order valence-electron chi connectivity index (χ4n) is 5.67. The van der Waals surface area contributed by atoms with E-state index in [9.17, 15) is 18.4 Å². The lowest BCUT2D eigenvalue weighted by Crippen LogP contribution is -2.44. The summed E-state index contributed by atoms with van der Waals surface area (Å²) in [6, 6.07) is 10.5. The van der Waals surface area contributed by atoms with Gasteiger partial charge in [-0.25, -0.2) is 9.37 Å². The number of anilines is 1. The third-order valence-corrected chi connectivity index (χ3v) is 8.40. The van der Waals surface area contributed by atoms with Gasteiger partial charge in [0.2, 0.25) is 0 Å². The van der Waals surface area contributed by atoms with E-state index in [2.05, 4.69) is 20.8 Å². The molecule has 1 N–H and O–H groups in total. The second kappa shape index (κ2) is 11.4. The van der Waals surface area contributed by atoms with Crippen LogP contribution in [0.3, 0.4) is 0 Å². The van der Waals surface area contributed by atoms with Crippen molar-refractivity contribution in [2.24, 2.45) is 17.8 Å². The van der Waals surface area contributed by atoms with Gasteiger partial charge in [0.25, 0.3) is 11.8 Å². The summed E-state index contributed by atoms with van der Waals surface area (Å²) in [7, 11) is 0. The first-order valence-corrected chi connectivity index (χ1v) is 14.4. The Kier molecular flexibility index (Phi) is 7.55. The SMILES string of the molecule is C#CCC(CN(C(=O)c1ccn(CC2CC2)c1C)C(C(=O)Nc1ccc(F)cc1)c1cn2c(F)cccc2n1)C1CC1. The molecule has 7 nitrogen and oxygen atoms in total. The zero-order chi connectivity index (χ0) is 29.4. The Balaban J connectivity index is 1.44. The fraction of sp³-hybridized carbons (Fsp3) is 0.364. The Morgan fingerprint density at radius 3 is 2.55 bits per heavy atom. The number of aromatic nitrogens is 3. The fourth-order valence-corrected chi connectivity index (χ4v) is 5.67. The molecule has 216 valence electrons. The lowest BCUT2D eigenvalue weighted by atomic mass is 9.97. The molecule has 3 aromatic heterocycles. The van der Waals surface area contributed by atoms with Crippen LogP contribution >= 0.6 is 0 Å². The second-order valence-electron chi connectivity index (χ2n) is 11.5. The summed E-state index contributed by atoms with van der Waals surface area (Å²) in [5, 5.41) is 2.83. The lowest BCUT2D eigenvalue weighted by Gasteiger charge is -2.33. The molecule has 2 fully saturated rings. The van der Waals surface area contributed by atoms with Crippen LogP contribution in [0.4, 0.5) is 14.5 Å². The Morgan fingerprint density at radius 2 is 1.88 bits per heavy atom. The molecule has 2 amide bonds. The average Bonchev–Trinajstić information content (AvgIpc) is 3.90. The first-order chi connectivity index (χ1) is 20.3. The van der Waals surface area contributed by atoms with Crippen molar-refractivity contribution in [2.45, 2.75) is 51.6 Å². The Bertz CT molecular complexity index is 1660. The van der Waals surface area contributed by atoms with Gasteiger partial charge in [-0.1, -0.05) is 6.07 Å². The molecule has 2 atom stereocenters. The molecular formula is C33H33F2N5O2. The Morgan fingerprint density at radius 1 is 1.12 bits per heavy atom. The number of terminal acetylenes is 1. The summed E-state index contributed by atoms with van der Waals surface area (Å²) in [5.41, 5.74) is 2.23. The number of benzene rings is 1. The van der Waals surface area contributed by atoms with E-state index in [0.717, 1.165) is 25.1 Å². The monoisotopic (exact) mass is 569 g/mol. The van der Waals surface area contributed by atoms with Crippen LogP contribution in [-0.4, -0.2) is 37.2 Å². The molecule has 2 aliphatic carbocycles. The number of pyridine rings is 1. The number of nitrogens with one attached hydrogen (secondary N) is 1. The number of amides is 2. The van der Waals surface area contributed by atoms with Crippen molar-refractivity contribution >= 4 is 23.1 Å². The maximum absolute atomic E-state index is 14.7. The largest absolute Gasteiger partial charge is 0.351 e. The maximum Gasteiger partial charge on any atom is 0.256 e. The van der Waals surface area contributed by atoms with Gasteiger partial charge < -0.3 is 14.8 Å². The van der Waals surface area contributed by atoms with Crippen LogP contribution in [0.5, 0.6) is 0 Å². The van der Waals surface area contributed by atoms with Crippen LogP contribution in [0.1, 0.15) is 59.9 Å². The molecule has 3 heterocycles. The van der Waals surface area contributed by atoms with Gasteiger partial charge in [-0.15, -0.1) is 12.3 Å². The summed E-state index contributed by atoms with van der Waals surface area (Å²) < 4.78 is 31.7. The van der Waals surface area contributed by atoms with Gasteiger partial charge in [0, 0.05) is 43.3 Å². The van der Waals surface area contributed by atoms with Gasteiger partial charge in [-0.3, -0.25) is 14.0 Å². The van der Waals surface area contributed by atoms with Crippen LogP contribution in [0.2, 0.25) is 0 Å². The number of rotatable bonds is 11. The molecule has 1 aromatic carbocycles. The molecule has 0 aliphatic heterocycles. The van der Waals surface area contributed by atoms with Gasteiger partial charge in [-0.05, 0) is 92.8 Å². The number of nitrogens with zero attached hydrogens (tertiary/aromatic N) is 4. The second-order valence-corrected chi connectivity index (χ2v) is 11.5. The molecule has 0 spiro atoms. The quantitative estimate of drug-likeness (QED) is 0.178. The Hall–Kier alpha value is -4.45. The lowest BCUT2D eigenvalue weighted by molar-refractivity contribution is -0.121. The highest BCUT2D eigenvalue weighted by atomic mass is 19.1. The summed E-state index contributed by atoms with van der Waals surface area (Å²) in [6.45, 7) is 3.00. The number of carbonyl (C=O) groups excluding carboxylic acids is 2. The van der Waals surface area contributed by atoms with Crippen molar-refractivity contribution in [3.8, 4) is 12.3 Å². The first-order valence-electron chi connectivity index (χ1n) is 14.4. The van der Waals surface area contributed by atoms with Crippen molar-refractivity contribution < 1.29 is 18.4 Å². The van der Waals surface area contributed by atoms with Crippen molar-refractivity contribution in [3.05, 3.63) is 89.6 Å². The van der Waals surface area contributed by atoms with E-state index in [1.54, 1.807) is 23.1 Å². The predicted octanol–water partition coefficient (Wildman–Crippen LogP) is 6.00. The van der Waals surface area contributed by atoms with Crippen LogP contribution < -0.4 is 5.32 Å². The number of halogens is 2.